The van der Waals surface area contributed by atoms with Gasteiger partial charge in [-0.25, -0.2) is 0 Å². The Labute approximate surface area is 205 Å². The van der Waals surface area contributed by atoms with Gasteiger partial charge in [0.25, 0.3) is 0 Å². The minimum atomic E-state index is -0.388. The van der Waals surface area contributed by atoms with Gasteiger partial charge in [0, 0.05) is 24.9 Å². The second-order valence-corrected chi connectivity index (χ2v) is 10.8. The van der Waals surface area contributed by atoms with Crippen molar-refractivity contribution < 1.29 is 19.3 Å². The number of rotatable bonds is 12. The Morgan fingerprint density at radius 1 is 0.971 bits per heavy atom. The van der Waals surface area contributed by atoms with Crippen molar-refractivity contribution in [2.75, 3.05) is 6.61 Å². The highest BCUT2D eigenvalue weighted by atomic mass is 16.5. The Balaban J connectivity index is 1.32. The van der Waals surface area contributed by atoms with E-state index in [0.717, 1.165) is 18.8 Å². The van der Waals surface area contributed by atoms with Crippen molar-refractivity contribution in [1.82, 2.24) is 0 Å². The van der Waals surface area contributed by atoms with Crippen molar-refractivity contribution in [2.24, 2.45) is 17.3 Å². The van der Waals surface area contributed by atoms with E-state index in [0.29, 0.717) is 32.2 Å². The third-order valence-electron chi connectivity index (χ3n) is 7.95. The standard InChI is InChI=1S/C30H42O4/c1-4-24-17-26(24)27(33-21-23-13-9-6-10-14-23)18-25-19-28(31)30(2,3)29(34-25)15-16-32-20-22-11-7-5-8-12-22/h5-14,24-29,31H,4,15-21H2,1-3H3/t24-,25-,26-,27+,28+,29+/m1/s1. The first-order chi connectivity index (χ1) is 16.5. The zero-order valence-electron chi connectivity index (χ0n) is 21.1. The number of hydrogen-bond acceptors (Lipinski definition) is 4. The molecule has 1 aliphatic heterocycles. The van der Waals surface area contributed by atoms with Crippen LogP contribution in [0.1, 0.15) is 64.0 Å². The molecule has 34 heavy (non-hydrogen) atoms. The third-order valence-corrected chi connectivity index (χ3v) is 7.95. The molecule has 1 saturated heterocycles. The summed E-state index contributed by atoms with van der Waals surface area (Å²) in [7, 11) is 0. The molecule has 1 saturated carbocycles. The molecule has 0 spiro atoms. The maximum absolute atomic E-state index is 11.0. The maximum Gasteiger partial charge on any atom is 0.0720 e. The van der Waals surface area contributed by atoms with Crippen LogP contribution in [0.3, 0.4) is 0 Å². The summed E-state index contributed by atoms with van der Waals surface area (Å²) in [6.45, 7) is 8.37. The van der Waals surface area contributed by atoms with Crippen LogP contribution in [0.5, 0.6) is 0 Å². The quantitative estimate of drug-likeness (QED) is 0.381. The van der Waals surface area contributed by atoms with Gasteiger partial charge >= 0.3 is 0 Å². The summed E-state index contributed by atoms with van der Waals surface area (Å²) in [5.74, 6) is 1.37. The van der Waals surface area contributed by atoms with Gasteiger partial charge in [0.2, 0.25) is 0 Å². The van der Waals surface area contributed by atoms with E-state index in [9.17, 15) is 5.11 Å². The summed E-state index contributed by atoms with van der Waals surface area (Å²) < 4.78 is 19.0. The van der Waals surface area contributed by atoms with Crippen molar-refractivity contribution in [1.29, 1.82) is 0 Å². The molecule has 0 aromatic heterocycles. The first kappa shape index (κ1) is 25.4. The molecule has 6 atom stereocenters. The van der Waals surface area contributed by atoms with E-state index in [4.69, 9.17) is 14.2 Å². The molecular weight excluding hydrogens is 424 g/mol. The number of ether oxygens (including phenoxy) is 3. The molecule has 0 bridgehead atoms. The molecule has 0 amide bonds. The Bertz CT molecular complexity index is 853. The normalized spacial score (nSPS) is 29.0. The van der Waals surface area contributed by atoms with E-state index in [2.05, 4.69) is 57.2 Å². The van der Waals surface area contributed by atoms with Gasteiger partial charge in [0.1, 0.15) is 0 Å². The molecule has 1 N–H and O–H groups in total. The van der Waals surface area contributed by atoms with Gasteiger partial charge in [-0.2, -0.15) is 0 Å². The van der Waals surface area contributed by atoms with E-state index in [1.54, 1.807) is 0 Å². The lowest BCUT2D eigenvalue weighted by molar-refractivity contribution is -0.189. The number of aliphatic hydroxyl groups is 1. The van der Waals surface area contributed by atoms with Crippen LogP contribution in [0.15, 0.2) is 60.7 Å². The average Bonchev–Trinajstić information content (AvgIpc) is 3.63. The van der Waals surface area contributed by atoms with Crippen molar-refractivity contribution in [3.05, 3.63) is 71.8 Å². The van der Waals surface area contributed by atoms with Gasteiger partial charge in [-0.3, -0.25) is 0 Å². The van der Waals surface area contributed by atoms with E-state index in [1.165, 1.54) is 24.0 Å². The van der Waals surface area contributed by atoms with Crippen LogP contribution < -0.4 is 0 Å². The van der Waals surface area contributed by atoms with Gasteiger partial charge in [0.05, 0.1) is 37.6 Å². The van der Waals surface area contributed by atoms with E-state index >= 15 is 0 Å². The third kappa shape index (κ3) is 6.69. The molecule has 2 fully saturated rings. The van der Waals surface area contributed by atoms with Crippen molar-refractivity contribution >= 4 is 0 Å². The summed E-state index contributed by atoms with van der Waals surface area (Å²) in [5, 5.41) is 11.0. The van der Waals surface area contributed by atoms with Gasteiger partial charge in [0.15, 0.2) is 0 Å². The molecule has 186 valence electrons. The van der Waals surface area contributed by atoms with Crippen LogP contribution in [0.4, 0.5) is 0 Å². The van der Waals surface area contributed by atoms with Crippen LogP contribution in [0, 0.1) is 17.3 Å². The van der Waals surface area contributed by atoms with E-state index in [1.807, 2.05) is 24.3 Å². The summed E-state index contributed by atoms with van der Waals surface area (Å²) in [4.78, 5) is 0. The summed E-state index contributed by atoms with van der Waals surface area (Å²) in [6, 6.07) is 20.7. The number of benzene rings is 2. The van der Waals surface area contributed by atoms with Crippen LogP contribution >= 0.6 is 0 Å². The Hall–Kier alpha value is -1.72. The van der Waals surface area contributed by atoms with Gasteiger partial charge < -0.3 is 19.3 Å². The topological polar surface area (TPSA) is 47.9 Å². The highest BCUT2D eigenvalue weighted by molar-refractivity contribution is 5.14. The molecule has 2 aromatic rings. The maximum atomic E-state index is 11.0. The van der Waals surface area contributed by atoms with Crippen LogP contribution in [-0.4, -0.2) is 36.1 Å². The Kier molecular flexibility index (Phi) is 8.81. The highest BCUT2D eigenvalue weighted by Gasteiger charge is 2.47. The molecule has 2 aliphatic rings. The number of aliphatic hydroxyl groups excluding tert-OH is 1. The molecule has 4 heteroatoms. The fourth-order valence-corrected chi connectivity index (χ4v) is 5.38. The zero-order chi connectivity index (χ0) is 24.0. The smallest absolute Gasteiger partial charge is 0.0720 e. The number of hydrogen-bond donors (Lipinski definition) is 1. The van der Waals surface area contributed by atoms with Gasteiger partial charge in [-0.05, 0) is 35.8 Å². The minimum Gasteiger partial charge on any atom is -0.392 e. The summed E-state index contributed by atoms with van der Waals surface area (Å²) in [6.07, 6.45) is 4.52. The van der Waals surface area contributed by atoms with Crippen molar-refractivity contribution in [3.63, 3.8) is 0 Å². The highest BCUT2D eigenvalue weighted by Crippen LogP contribution is 2.47. The fourth-order valence-electron chi connectivity index (χ4n) is 5.38. The lowest BCUT2D eigenvalue weighted by Gasteiger charge is -2.46. The largest absolute Gasteiger partial charge is 0.392 e. The predicted molar refractivity (Wildman–Crippen MR) is 135 cm³/mol. The summed E-state index contributed by atoms with van der Waals surface area (Å²) >= 11 is 0. The SMILES string of the molecule is CC[C@@H]1C[C@H]1[C@H](C[C@@H]1C[C@H](O)C(C)(C)[C@H](CCOCc2ccccc2)O1)OCc1ccccc1. The second kappa shape index (κ2) is 11.8. The molecule has 4 nitrogen and oxygen atoms in total. The molecule has 1 aliphatic carbocycles. The molecule has 0 unspecified atom stereocenters. The second-order valence-electron chi connectivity index (χ2n) is 10.8. The lowest BCUT2D eigenvalue weighted by atomic mass is 9.74. The van der Waals surface area contributed by atoms with Crippen LogP contribution in [0.2, 0.25) is 0 Å². The predicted octanol–water partition coefficient (Wildman–Crippen LogP) is 6.16. The lowest BCUT2D eigenvalue weighted by Crippen LogP contribution is -2.51. The van der Waals surface area contributed by atoms with Crippen LogP contribution in [0.25, 0.3) is 0 Å². The molecule has 2 aromatic carbocycles. The van der Waals surface area contributed by atoms with Gasteiger partial charge in [-0.1, -0.05) is 87.9 Å². The Morgan fingerprint density at radius 2 is 1.62 bits per heavy atom. The van der Waals surface area contributed by atoms with Crippen molar-refractivity contribution in [2.45, 2.75) is 90.5 Å². The molecule has 0 radical (unpaired) electrons. The summed E-state index contributed by atoms with van der Waals surface area (Å²) in [5.41, 5.74) is 2.09. The molecule has 1 heterocycles. The van der Waals surface area contributed by atoms with Crippen molar-refractivity contribution in [3.8, 4) is 0 Å². The Morgan fingerprint density at radius 3 is 2.24 bits per heavy atom. The average molecular weight is 467 g/mol. The minimum absolute atomic E-state index is 0.0148. The first-order valence-electron chi connectivity index (χ1n) is 13.1. The van der Waals surface area contributed by atoms with E-state index < -0.39 is 0 Å². The van der Waals surface area contributed by atoms with Gasteiger partial charge in [-0.15, -0.1) is 0 Å². The first-order valence-corrected chi connectivity index (χ1v) is 13.1. The van der Waals surface area contributed by atoms with E-state index in [-0.39, 0.29) is 29.8 Å². The van der Waals surface area contributed by atoms with Crippen LogP contribution in [-0.2, 0) is 27.4 Å². The monoisotopic (exact) mass is 466 g/mol. The fraction of sp³-hybridized carbons (Fsp3) is 0.600. The molecular formula is C30H42O4. The molecule has 4 rings (SSSR count). The zero-order valence-corrected chi connectivity index (χ0v) is 21.1.